The average molecular weight is 415 g/mol. The number of nitrogens with zero attached hydrogens (tertiary/aromatic N) is 4. The lowest BCUT2D eigenvalue weighted by molar-refractivity contribution is 0.0773. The number of rotatable bonds is 7. The van der Waals surface area contributed by atoms with Gasteiger partial charge in [0.05, 0.1) is 19.0 Å². The highest BCUT2D eigenvalue weighted by Gasteiger charge is 2.13. The highest BCUT2D eigenvalue weighted by molar-refractivity contribution is 5.94. The minimum atomic E-state index is 0.0363. The van der Waals surface area contributed by atoms with Gasteiger partial charge in [0, 0.05) is 42.3 Å². The average Bonchev–Trinajstić information content (AvgIpc) is 3.25. The first-order chi connectivity index (χ1) is 15.1. The van der Waals surface area contributed by atoms with Crippen LogP contribution in [0.5, 0.6) is 5.75 Å². The predicted octanol–water partition coefficient (Wildman–Crippen LogP) is 4.63. The van der Waals surface area contributed by atoms with Gasteiger partial charge in [0.2, 0.25) is 0 Å². The Kier molecular flexibility index (Phi) is 5.84. The molecule has 4 aromatic rings. The van der Waals surface area contributed by atoms with E-state index in [1.165, 1.54) is 0 Å². The fourth-order valence-electron chi connectivity index (χ4n) is 3.51. The largest absolute Gasteiger partial charge is 0.497 e. The van der Waals surface area contributed by atoms with Crippen molar-refractivity contribution in [2.24, 2.45) is 0 Å². The molecule has 0 bridgehead atoms. The van der Waals surface area contributed by atoms with Crippen LogP contribution in [0.1, 0.15) is 24.2 Å². The SMILES string of the molecule is CCN(CC)C(=O)c1ccc(Nc2nccn3c(-c4ccc(OC)cc4)cnc23)cc1. The van der Waals surface area contributed by atoms with Crippen LogP contribution in [0.25, 0.3) is 16.9 Å². The van der Waals surface area contributed by atoms with Gasteiger partial charge < -0.3 is 15.0 Å². The third-order valence-corrected chi connectivity index (χ3v) is 5.26. The summed E-state index contributed by atoms with van der Waals surface area (Å²) in [6.07, 6.45) is 5.46. The standard InChI is InChI=1S/C24H25N5O2/c1-4-28(5-2)24(30)18-6-10-19(11-7-18)27-22-23-26-16-21(29(23)15-14-25-22)17-8-12-20(31-3)13-9-17/h6-16H,4-5H2,1-3H3,(H,25,27). The van der Waals surface area contributed by atoms with E-state index in [4.69, 9.17) is 4.74 Å². The minimum Gasteiger partial charge on any atom is -0.497 e. The summed E-state index contributed by atoms with van der Waals surface area (Å²) in [5, 5.41) is 3.31. The van der Waals surface area contributed by atoms with Crippen LogP contribution in [0.2, 0.25) is 0 Å². The summed E-state index contributed by atoms with van der Waals surface area (Å²) in [7, 11) is 1.65. The lowest BCUT2D eigenvalue weighted by Crippen LogP contribution is -2.30. The number of nitrogens with one attached hydrogen (secondary N) is 1. The second kappa shape index (κ2) is 8.87. The van der Waals surface area contributed by atoms with Crippen LogP contribution in [0, 0.1) is 0 Å². The number of ether oxygens (including phenoxy) is 1. The van der Waals surface area contributed by atoms with Crippen molar-refractivity contribution in [2.45, 2.75) is 13.8 Å². The summed E-state index contributed by atoms with van der Waals surface area (Å²) in [6, 6.07) is 15.3. The Morgan fingerprint density at radius 1 is 1.03 bits per heavy atom. The normalized spacial score (nSPS) is 10.8. The Hall–Kier alpha value is -3.87. The molecule has 4 rings (SSSR count). The van der Waals surface area contributed by atoms with Crippen LogP contribution in [0.4, 0.5) is 11.5 Å². The van der Waals surface area contributed by atoms with E-state index < -0.39 is 0 Å². The molecule has 31 heavy (non-hydrogen) atoms. The van der Waals surface area contributed by atoms with E-state index in [1.807, 2.05) is 79.2 Å². The summed E-state index contributed by atoms with van der Waals surface area (Å²) in [5.41, 5.74) is 4.22. The topological polar surface area (TPSA) is 71.8 Å². The second-order valence-corrected chi connectivity index (χ2v) is 7.02. The molecule has 0 radical (unpaired) electrons. The van der Waals surface area contributed by atoms with Crippen molar-refractivity contribution in [2.75, 3.05) is 25.5 Å². The third-order valence-electron chi connectivity index (χ3n) is 5.26. The number of anilines is 2. The number of amides is 1. The molecule has 158 valence electrons. The molecular formula is C24H25N5O2. The van der Waals surface area contributed by atoms with Crippen molar-refractivity contribution in [3.05, 3.63) is 72.7 Å². The van der Waals surface area contributed by atoms with Gasteiger partial charge >= 0.3 is 0 Å². The number of carbonyl (C=O) groups is 1. The van der Waals surface area contributed by atoms with Crippen molar-refractivity contribution in [1.82, 2.24) is 19.3 Å². The molecule has 0 aliphatic heterocycles. The second-order valence-electron chi connectivity index (χ2n) is 7.02. The summed E-state index contributed by atoms with van der Waals surface area (Å²) < 4.78 is 7.24. The predicted molar refractivity (Wildman–Crippen MR) is 122 cm³/mol. The first-order valence-electron chi connectivity index (χ1n) is 10.3. The van der Waals surface area contributed by atoms with Gasteiger partial charge in [-0.05, 0) is 62.4 Å². The zero-order valence-corrected chi connectivity index (χ0v) is 17.9. The number of benzene rings is 2. The Bertz CT molecular complexity index is 1180. The van der Waals surface area contributed by atoms with Crippen molar-refractivity contribution in [3.8, 4) is 17.0 Å². The van der Waals surface area contributed by atoms with E-state index in [-0.39, 0.29) is 5.91 Å². The van der Waals surface area contributed by atoms with Gasteiger partial charge in [-0.25, -0.2) is 9.97 Å². The smallest absolute Gasteiger partial charge is 0.253 e. The zero-order chi connectivity index (χ0) is 21.8. The Morgan fingerprint density at radius 3 is 2.39 bits per heavy atom. The van der Waals surface area contributed by atoms with Gasteiger partial charge in [0.15, 0.2) is 11.5 Å². The molecular weight excluding hydrogens is 390 g/mol. The minimum absolute atomic E-state index is 0.0363. The molecule has 1 N–H and O–H groups in total. The molecule has 2 heterocycles. The van der Waals surface area contributed by atoms with Crippen LogP contribution in [-0.2, 0) is 0 Å². The lowest BCUT2D eigenvalue weighted by atomic mass is 10.1. The monoisotopic (exact) mass is 415 g/mol. The first kappa shape index (κ1) is 20.4. The van der Waals surface area contributed by atoms with Crippen LogP contribution in [0.15, 0.2) is 67.1 Å². The Labute approximate surface area is 181 Å². The van der Waals surface area contributed by atoms with E-state index in [0.717, 1.165) is 28.3 Å². The maximum absolute atomic E-state index is 12.5. The van der Waals surface area contributed by atoms with Crippen molar-refractivity contribution in [3.63, 3.8) is 0 Å². The molecule has 0 unspecified atom stereocenters. The van der Waals surface area contributed by atoms with E-state index in [2.05, 4.69) is 15.3 Å². The summed E-state index contributed by atoms with van der Waals surface area (Å²) in [5.74, 6) is 1.49. The summed E-state index contributed by atoms with van der Waals surface area (Å²) in [4.78, 5) is 23.3. The van der Waals surface area contributed by atoms with Crippen LogP contribution >= 0.6 is 0 Å². The van der Waals surface area contributed by atoms with Gasteiger partial charge in [0.1, 0.15) is 5.75 Å². The number of hydrogen-bond acceptors (Lipinski definition) is 5. The third kappa shape index (κ3) is 4.07. The van der Waals surface area contributed by atoms with Gasteiger partial charge in [0.25, 0.3) is 5.91 Å². The molecule has 0 atom stereocenters. The summed E-state index contributed by atoms with van der Waals surface area (Å²) >= 11 is 0. The maximum atomic E-state index is 12.5. The van der Waals surface area contributed by atoms with E-state index in [0.29, 0.717) is 24.5 Å². The van der Waals surface area contributed by atoms with E-state index in [9.17, 15) is 4.79 Å². The molecule has 0 aliphatic carbocycles. The van der Waals surface area contributed by atoms with Crippen LogP contribution in [0.3, 0.4) is 0 Å². The molecule has 0 aliphatic rings. The van der Waals surface area contributed by atoms with Crippen LogP contribution < -0.4 is 10.1 Å². The highest BCUT2D eigenvalue weighted by Crippen LogP contribution is 2.26. The molecule has 2 aromatic carbocycles. The van der Waals surface area contributed by atoms with Crippen molar-refractivity contribution in [1.29, 1.82) is 0 Å². The lowest BCUT2D eigenvalue weighted by Gasteiger charge is -2.18. The zero-order valence-electron chi connectivity index (χ0n) is 17.9. The van der Waals surface area contributed by atoms with Gasteiger partial charge in [-0.3, -0.25) is 9.20 Å². The molecule has 0 spiro atoms. The fraction of sp³-hybridized carbons (Fsp3) is 0.208. The van der Waals surface area contributed by atoms with Gasteiger partial charge in [-0.1, -0.05) is 0 Å². The number of hydrogen-bond donors (Lipinski definition) is 1. The number of carbonyl (C=O) groups excluding carboxylic acids is 1. The van der Waals surface area contributed by atoms with Gasteiger partial charge in [-0.2, -0.15) is 0 Å². The number of methoxy groups -OCH3 is 1. The quantitative estimate of drug-likeness (QED) is 0.476. The molecule has 0 saturated carbocycles. The number of imidazole rings is 1. The highest BCUT2D eigenvalue weighted by atomic mass is 16.5. The van der Waals surface area contributed by atoms with Gasteiger partial charge in [-0.15, -0.1) is 0 Å². The maximum Gasteiger partial charge on any atom is 0.253 e. The molecule has 7 nitrogen and oxygen atoms in total. The van der Waals surface area contributed by atoms with E-state index in [1.54, 1.807) is 18.2 Å². The molecule has 7 heteroatoms. The Balaban J connectivity index is 1.59. The van der Waals surface area contributed by atoms with E-state index >= 15 is 0 Å². The summed E-state index contributed by atoms with van der Waals surface area (Å²) in [6.45, 7) is 5.35. The molecule has 1 amide bonds. The molecule has 0 saturated heterocycles. The Morgan fingerprint density at radius 2 is 1.74 bits per heavy atom. The van der Waals surface area contributed by atoms with Crippen molar-refractivity contribution >= 4 is 23.1 Å². The first-order valence-corrected chi connectivity index (χ1v) is 10.3. The van der Waals surface area contributed by atoms with Crippen LogP contribution in [-0.4, -0.2) is 45.4 Å². The van der Waals surface area contributed by atoms with Crippen molar-refractivity contribution < 1.29 is 9.53 Å². The molecule has 2 aromatic heterocycles. The number of fused-ring (bicyclic) bond motifs is 1. The number of aromatic nitrogens is 3. The molecule has 0 fully saturated rings. The fourth-order valence-corrected chi connectivity index (χ4v) is 3.51.